The Morgan fingerprint density at radius 2 is 1.89 bits per heavy atom. The van der Waals surface area contributed by atoms with Gasteiger partial charge in [-0.1, -0.05) is 25.0 Å². The van der Waals surface area contributed by atoms with Crippen LogP contribution < -0.4 is 10.1 Å². The van der Waals surface area contributed by atoms with Gasteiger partial charge in [-0.25, -0.2) is 13.4 Å². The van der Waals surface area contributed by atoms with Crippen molar-refractivity contribution in [3.63, 3.8) is 0 Å². The standard InChI is InChI=1S/C21H26N2O4S/c1-15-8-9-18(13-16(15)2)28(25,26)21(10-4-5-11-21)20(24)23-14-17-7-6-12-22-19(17)27-3/h6-9,12-13H,4-5,10-11,14H2,1-3H3,(H,23,24). The van der Waals surface area contributed by atoms with Crippen molar-refractivity contribution in [2.45, 2.75) is 55.7 Å². The molecule has 1 heterocycles. The molecule has 0 saturated heterocycles. The van der Waals surface area contributed by atoms with Gasteiger partial charge < -0.3 is 10.1 Å². The molecule has 2 aromatic rings. The van der Waals surface area contributed by atoms with Crippen molar-refractivity contribution in [1.82, 2.24) is 10.3 Å². The van der Waals surface area contributed by atoms with Crippen molar-refractivity contribution in [2.24, 2.45) is 0 Å². The summed E-state index contributed by atoms with van der Waals surface area (Å²) in [5.74, 6) is -0.0329. The molecule has 7 heteroatoms. The molecule has 6 nitrogen and oxygen atoms in total. The fraction of sp³-hybridized carbons (Fsp3) is 0.429. The quantitative estimate of drug-likeness (QED) is 0.802. The lowest BCUT2D eigenvalue weighted by Gasteiger charge is -2.28. The minimum Gasteiger partial charge on any atom is -0.481 e. The van der Waals surface area contributed by atoms with E-state index in [0.29, 0.717) is 37.1 Å². The predicted molar refractivity (Wildman–Crippen MR) is 107 cm³/mol. The highest BCUT2D eigenvalue weighted by atomic mass is 32.2. The van der Waals surface area contributed by atoms with Gasteiger partial charge in [0, 0.05) is 18.3 Å². The highest BCUT2D eigenvalue weighted by Crippen LogP contribution is 2.41. The number of nitrogens with zero attached hydrogens (tertiary/aromatic N) is 1. The lowest BCUT2D eigenvalue weighted by Crippen LogP contribution is -2.50. The molecule has 0 atom stereocenters. The van der Waals surface area contributed by atoms with Crippen LogP contribution in [0.4, 0.5) is 0 Å². The van der Waals surface area contributed by atoms with E-state index in [-0.39, 0.29) is 11.4 Å². The van der Waals surface area contributed by atoms with Crippen LogP contribution in [-0.2, 0) is 21.2 Å². The normalized spacial score (nSPS) is 16.0. The molecule has 3 rings (SSSR count). The molecule has 1 N–H and O–H groups in total. The van der Waals surface area contributed by atoms with Crippen molar-refractivity contribution in [3.05, 3.63) is 53.2 Å². The number of pyridine rings is 1. The smallest absolute Gasteiger partial charge is 0.242 e. The Hall–Kier alpha value is -2.41. The number of sulfone groups is 1. The zero-order valence-electron chi connectivity index (χ0n) is 16.5. The number of carbonyl (C=O) groups is 1. The number of carbonyl (C=O) groups excluding carboxylic acids is 1. The average Bonchev–Trinajstić information content (AvgIpc) is 3.20. The van der Waals surface area contributed by atoms with E-state index in [4.69, 9.17) is 4.74 Å². The van der Waals surface area contributed by atoms with Gasteiger partial charge in [0.1, 0.15) is 0 Å². The average molecular weight is 403 g/mol. The zero-order chi connectivity index (χ0) is 20.4. The Labute approximate surface area is 166 Å². The summed E-state index contributed by atoms with van der Waals surface area (Å²) >= 11 is 0. The second-order valence-electron chi connectivity index (χ2n) is 7.31. The van der Waals surface area contributed by atoms with Crippen molar-refractivity contribution in [1.29, 1.82) is 0 Å². The van der Waals surface area contributed by atoms with Gasteiger partial charge in [0.15, 0.2) is 14.6 Å². The first-order valence-corrected chi connectivity index (χ1v) is 10.9. The van der Waals surface area contributed by atoms with Gasteiger partial charge in [-0.15, -0.1) is 0 Å². The van der Waals surface area contributed by atoms with E-state index in [0.717, 1.165) is 11.1 Å². The van der Waals surface area contributed by atoms with Gasteiger partial charge in [0.25, 0.3) is 0 Å². The summed E-state index contributed by atoms with van der Waals surface area (Å²) in [5.41, 5.74) is 2.62. The SMILES string of the molecule is COc1ncccc1CNC(=O)C1(S(=O)(=O)c2ccc(C)c(C)c2)CCCC1. The van der Waals surface area contributed by atoms with E-state index >= 15 is 0 Å². The molecular weight excluding hydrogens is 376 g/mol. The maximum Gasteiger partial charge on any atom is 0.242 e. The van der Waals surface area contributed by atoms with Gasteiger partial charge in [0.2, 0.25) is 11.8 Å². The Morgan fingerprint density at radius 1 is 1.18 bits per heavy atom. The van der Waals surface area contributed by atoms with E-state index < -0.39 is 20.5 Å². The first-order valence-electron chi connectivity index (χ1n) is 9.40. The number of amides is 1. The highest BCUT2D eigenvalue weighted by Gasteiger charge is 2.52. The molecule has 1 aliphatic rings. The summed E-state index contributed by atoms with van der Waals surface area (Å²) in [5, 5.41) is 2.82. The van der Waals surface area contributed by atoms with Crippen LogP contribution in [0.3, 0.4) is 0 Å². The van der Waals surface area contributed by atoms with Crippen LogP contribution in [0.5, 0.6) is 5.88 Å². The molecule has 1 aromatic heterocycles. The topological polar surface area (TPSA) is 85.4 Å². The van der Waals surface area contributed by atoms with Crippen molar-refractivity contribution >= 4 is 15.7 Å². The van der Waals surface area contributed by atoms with E-state index in [1.165, 1.54) is 7.11 Å². The summed E-state index contributed by atoms with van der Waals surface area (Å²) < 4.78 is 30.8. The molecule has 0 unspecified atom stereocenters. The summed E-state index contributed by atoms with van der Waals surface area (Å²) in [6.45, 7) is 3.98. The summed E-state index contributed by atoms with van der Waals surface area (Å²) in [6, 6.07) is 8.62. The number of ether oxygens (including phenoxy) is 1. The molecule has 0 spiro atoms. The maximum atomic E-state index is 13.5. The van der Waals surface area contributed by atoms with Crippen LogP contribution in [-0.4, -0.2) is 31.2 Å². The second kappa shape index (κ2) is 7.91. The van der Waals surface area contributed by atoms with Crippen LogP contribution in [0.15, 0.2) is 41.4 Å². The first kappa shape index (κ1) is 20.3. The van der Waals surface area contributed by atoms with Gasteiger partial charge in [0.05, 0.1) is 12.0 Å². The number of nitrogens with one attached hydrogen (secondary N) is 1. The number of benzene rings is 1. The second-order valence-corrected chi connectivity index (χ2v) is 9.57. The van der Waals surface area contributed by atoms with Crippen molar-refractivity contribution < 1.29 is 17.9 Å². The van der Waals surface area contributed by atoms with Gasteiger partial charge in [-0.05, 0) is 56.0 Å². The number of methoxy groups -OCH3 is 1. The third-order valence-corrected chi connectivity index (χ3v) is 8.11. The number of hydrogen-bond donors (Lipinski definition) is 1. The van der Waals surface area contributed by atoms with Gasteiger partial charge in [-0.2, -0.15) is 0 Å². The molecule has 150 valence electrons. The molecule has 0 aliphatic heterocycles. The third-order valence-electron chi connectivity index (χ3n) is 5.61. The predicted octanol–water partition coefficient (Wildman–Crippen LogP) is 3.11. The van der Waals surface area contributed by atoms with E-state index in [2.05, 4.69) is 10.3 Å². The molecule has 0 bridgehead atoms. The Balaban J connectivity index is 1.90. The molecule has 1 fully saturated rings. The summed E-state index contributed by atoms with van der Waals surface area (Å²) in [6.07, 6.45) is 3.70. The van der Waals surface area contributed by atoms with Crippen molar-refractivity contribution in [3.8, 4) is 5.88 Å². The van der Waals surface area contributed by atoms with Crippen LogP contribution in [0.2, 0.25) is 0 Å². The maximum absolute atomic E-state index is 13.5. The molecule has 0 radical (unpaired) electrons. The number of aromatic nitrogens is 1. The van der Waals surface area contributed by atoms with Gasteiger partial charge >= 0.3 is 0 Å². The van der Waals surface area contributed by atoms with Crippen molar-refractivity contribution in [2.75, 3.05) is 7.11 Å². The largest absolute Gasteiger partial charge is 0.481 e. The van der Waals surface area contributed by atoms with Gasteiger partial charge in [-0.3, -0.25) is 4.79 Å². The third kappa shape index (κ3) is 3.51. The first-order chi connectivity index (χ1) is 13.3. The molecule has 1 aliphatic carbocycles. The summed E-state index contributed by atoms with van der Waals surface area (Å²) in [4.78, 5) is 17.5. The number of aryl methyl sites for hydroxylation is 2. The number of rotatable bonds is 6. The minimum atomic E-state index is -3.82. The lowest BCUT2D eigenvalue weighted by molar-refractivity contribution is -0.123. The van der Waals surface area contributed by atoms with Crippen LogP contribution in [0.25, 0.3) is 0 Å². The molecule has 1 amide bonds. The van der Waals surface area contributed by atoms with Crippen LogP contribution in [0, 0.1) is 13.8 Å². The molecular formula is C21H26N2O4S. The molecule has 28 heavy (non-hydrogen) atoms. The highest BCUT2D eigenvalue weighted by molar-refractivity contribution is 7.93. The Morgan fingerprint density at radius 3 is 2.54 bits per heavy atom. The molecule has 1 aromatic carbocycles. The van der Waals surface area contributed by atoms with E-state index in [1.807, 2.05) is 13.8 Å². The minimum absolute atomic E-state index is 0.167. The van der Waals surface area contributed by atoms with Crippen LogP contribution >= 0.6 is 0 Å². The van der Waals surface area contributed by atoms with E-state index in [1.54, 1.807) is 36.5 Å². The van der Waals surface area contributed by atoms with Crippen LogP contribution in [0.1, 0.15) is 42.4 Å². The summed E-state index contributed by atoms with van der Waals surface area (Å²) in [7, 11) is -2.31. The zero-order valence-corrected chi connectivity index (χ0v) is 17.3. The van der Waals surface area contributed by atoms with E-state index in [9.17, 15) is 13.2 Å². The number of hydrogen-bond acceptors (Lipinski definition) is 5. The fourth-order valence-electron chi connectivity index (χ4n) is 3.75. The fourth-order valence-corrected chi connectivity index (χ4v) is 5.92. The molecule has 1 saturated carbocycles. The lowest BCUT2D eigenvalue weighted by atomic mass is 10.1. The Bertz CT molecular complexity index is 980. The Kier molecular flexibility index (Phi) is 5.74. The monoisotopic (exact) mass is 402 g/mol.